The molecule has 0 saturated heterocycles. The lowest BCUT2D eigenvalue weighted by atomic mass is 10.2. The first-order valence-electron chi connectivity index (χ1n) is 4.37. The molecule has 0 aliphatic heterocycles. The van der Waals surface area contributed by atoms with E-state index in [1.165, 1.54) is 0 Å². The van der Waals surface area contributed by atoms with Gasteiger partial charge in [0, 0.05) is 10.9 Å². The molecule has 0 saturated carbocycles. The first-order valence-corrected chi connectivity index (χ1v) is 5.54. The van der Waals surface area contributed by atoms with Crippen LogP contribution in [0.15, 0.2) is 15.0 Å². The summed E-state index contributed by atoms with van der Waals surface area (Å²) in [6.07, 6.45) is 0.780. The second kappa shape index (κ2) is 3.55. The smallest absolute Gasteiger partial charge is 0.195 e. The van der Waals surface area contributed by atoms with Crippen molar-refractivity contribution in [2.75, 3.05) is 0 Å². The summed E-state index contributed by atoms with van der Waals surface area (Å²) < 4.78 is 6.48. The molecule has 2 aromatic rings. The molecule has 0 amide bonds. The Morgan fingerprint density at radius 2 is 2.29 bits per heavy atom. The Labute approximate surface area is 95.4 Å². The topological polar surface area (TPSA) is 26.0 Å². The molecule has 0 aliphatic carbocycles. The lowest BCUT2D eigenvalue weighted by molar-refractivity contribution is 0.538. The van der Waals surface area contributed by atoms with Crippen molar-refractivity contribution in [3.8, 4) is 0 Å². The van der Waals surface area contributed by atoms with E-state index < -0.39 is 0 Å². The Bertz CT molecular complexity index is 492. The average molecular weight is 275 g/mol. The quantitative estimate of drug-likeness (QED) is 0.782. The Kier molecular flexibility index (Phi) is 2.54. The van der Waals surface area contributed by atoms with Crippen molar-refractivity contribution in [3.63, 3.8) is 0 Å². The van der Waals surface area contributed by atoms with Gasteiger partial charge < -0.3 is 4.42 Å². The van der Waals surface area contributed by atoms with Gasteiger partial charge in [-0.25, -0.2) is 4.98 Å². The fourth-order valence-electron chi connectivity index (χ4n) is 1.33. The van der Waals surface area contributed by atoms with Crippen molar-refractivity contribution < 1.29 is 4.42 Å². The molecule has 14 heavy (non-hydrogen) atoms. The molecule has 1 aromatic heterocycles. The van der Waals surface area contributed by atoms with Crippen LogP contribution in [0.1, 0.15) is 18.4 Å². The van der Waals surface area contributed by atoms with E-state index in [1.807, 2.05) is 19.9 Å². The Morgan fingerprint density at radius 3 is 2.93 bits per heavy atom. The summed E-state index contributed by atoms with van der Waals surface area (Å²) in [7, 11) is 0. The van der Waals surface area contributed by atoms with Gasteiger partial charge in [-0.15, -0.1) is 0 Å². The Balaban J connectivity index is 2.84. The van der Waals surface area contributed by atoms with E-state index in [1.54, 1.807) is 0 Å². The number of halogens is 2. The molecule has 2 nitrogen and oxygen atoms in total. The summed E-state index contributed by atoms with van der Waals surface area (Å²) in [5, 5.41) is 0.602. The van der Waals surface area contributed by atoms with E-state index in [-0.39, 0.29) is 0 Å². The maximum atomic E-state index is 6.04. The minimum absolute atomic E-state index is 0.602. The fourth-order valence-corrected chi connectivity index (χ4v) is 2.12. The van der Waals surface area contributed by atoms with Gasteiger partial charge in [0.25, 0.3) is 0 Å². The predicted molar refractivity (Wildman–Crippen MR) is 60.8 cm³/mol. The number of oxazole rings is 1. The van der Waals surface area contributed by atoms with Crippen molar-refractivity contribution >= 4 is 38.6 Å². The van der Waals surface area contributed by atoms with Gasteiger partial charge in [-0.05, 0) is 18.6 Å². The maximum Gasteiger partial charge on any atom is 0.195 e. The second-order valence-electron chi connectivity index (χ2n) is 3.10. The van der Waals surface area contributed by atoms with Crippen LogP contribution in [0.4, 0.5) is 0 Å². The van der Waals surface area contributed by atoms with Crippen LogP contribution in [-0.4, -0.2) is 4.98 Å². The SMILES string of the molecule is CCc1nc2c(C)c(Br)cc(Cl)c2o1. The largest absolute Gasteiger partial charge is 0.439 e. The molecule has 74 valence electrons. The number of aryl methyl sites for hydroxylation is 2. The zero-order chi connectivity index (χ0) is 10.3. The summed E-state index contributed by atoms with van der Waals surface area (Å²) in [4.78, 5) is 4.37. The van der Waals surface area contributed by atoms with E-state index in [2.05, 4.69) is 20.9 Å². The normalized spacial score (nSPS) is 11.1. The molecular formula is C10H9BrClNO. The lowest BCUT2D eigenvalue weighted by Gasteiger charge is -1.98. The van der Waals surface area contributed by atoms with E-state index in [0.29, 0.717) is 10.6 Å². The van der Waals surface area contributed by atoms with Crippen LogP contribution >= 0.6 is 27.5 Å². The molecule has 0 radical (unpaired) electrons. The molecule has 0 unspecified atom stereocenters. The van der Waals surface area contributed by atoms with Crippen molar-refractivity contribution in [2.24, 2.45) is 0 Å². The Morgan fingerprint density at radius 1 is 1.57 bits per heavy atom. The summed E-state index contributed by atoms with van der Waals surface area (Å²) >= 11 is 9.47. The van der Waals surface area contributed by atoms with Crippen molar-refractivity contribution in [1.29, 1.82) is 0 Å². The molecule has 0 atom stereocenters. The van der Waals surface area contributed by atoms with Crippen LogP contribution in [0.25, 0.3) is 11.1 Å². The van der Waals surface area contributed by atoms with Gasteiger partial charge in [-0.3, -0.25) is 0 Å². The highest BCUT2D eigenvalue weighted by Crippen LogP contribution is 2.32. The molecule has 0 fully saturated rings. The van der Waals surface area contributed by atoms with Gasteiger partial charge in [0.2, 0.25) is 0 Å². The molecule has 1 heterocycles. The first-order chi connectivity index (χ1) is 6.63. The summed E-state index contributed by atoms with van der Waals surface area (Å²) in [6.45, 7) is 3.99. The molecule has 0 aliphatic rings. The highest BCUT2D eigenvalue weighted by molar-refractivity contribution is 9.10. The maximum absolute atomic E-state index is 6.04. The van der Waals surface area contributed by atoms with Gasteiger partial charge in [-0.1, -0.05) is 34.5 Å². The Hall–Kier alpha value is -0.540. The number of hydrogen-bond acceptors (Lipinski definition) is 2. The van der Waals surface area contributed by atoms with Crippen LogP contribution in [0, 0.1) is 6.92 Å². The average Bonchev–Trinajstić information content (AvgIpc) is 2.58. The van der Waals surface area contributed by atoms with Gasteiger partial charge in [0.05, 0.1) is 5.02 Å². The van der Waals surface area contributed by atoms with Gasteiger partial charge >= 0.3 is 0 Å². The molecule has 0 bridgehead atoms. The third kappa shape index (κ3) is 1.44. The highest BCUT2D eigenvalue weighted by Gasteiger charge is 2.12. The monoisotopic (exact) mass is 273 g/mol. The van der Waals surface area contributed by atoms with E-state index in [9.17, 15) is 0 Å². The van der Waals surface area contributed by atoms with Crippen molar-refractivity contribution in [1.82, 2.24) is 4.98 Å². The van der Waals surface area contributed by atoms with Gasteiger partial charge in [0.15, 0.2) is 11.5 Å². The summed E-state index contributed by atoms with van der Waals surface area (Å²) in [6, 6.07) is 1.84. The predicted octanol–water partition coefficient (Wildman–Crippen LogP) is 4.11. The zero-order valence-corrected chi connectivity index (χ0v) is 10.2. The van der Waals surface area contributed by atoms with Crippen LogP contribution in [0.5, 0.6) is 0 Å². The zero-order valence-electron chi connectivity index (χ0n) is 7.90. The van der Waals surface area contributed by atoms with Crippen molar-refractivity contribution in [2.45, 2.75) is 20.3 Å². The van der Waals surface area contributed by atoms with E-state index >= 15 is 0 Å². The number of rotatable bonds is 1. The van der Waals surface area contributed by atoms with Crippen LogP contribution in [0.2, 0.25) is 5.02 Å². The van der Waals surface area contributed by atoms with Crippen LogP contribution in [-0.2, 0) is 6.42 Å². The molecule has 4 heteroatoms. The van der Waals surface area contributed by atoms with E-state index in [4.69, 9.17) is 16.0 Å². The van der Waals surface area contributed by atoms with E-state index in [0.717, 1.165) is 27.9 Å². The van der Waals surface area contributed by atoms with Crippen molar-refractivity contribution in [3.05, 3.63) is 27.0 Å². The summed E-state index contributed by atoms with van der Waals surface area (Å²) in [5.41, 5.74) is 2.60. The highest BCUT2D eigenvalue weighted by atomic mass is 79.9. The molecule has 0 N–H and O–H groups in total. The van der Waals surface area contributed by atoms with Gasteiger partial charge in [-0.2, -0.15) is 0 Å². The van der Waals surface area contributed by atoms with Gasteiger partial charge in [0.1, 0.15) is 5.52 Å². The van der Waals surface area contributed by atoms with Crippen LogP contribution < -0.4 is 0 Å². The number of hydrogen-bond donors (Lipinski definition) is 0. The minimum Gasteiger partial charge on any atom is -0.439 e. The molecule has 1 aromatic carbocycles. The number of nitrogens with zero attached hydrogens (tertiary/aromatic N) is 1. The lowest BCUT2D eigenvalue weighted by Crippen LogP contribution is -1.81. The first kappa shape index (κ1) is 9.99. The summed E-state index contributed by atoms with van der Waals surface area (Å²) in [5.74, 6) is 0.725. The standard InChI is InChI=1S/C10H9BrClNO/c1-3-8-13-9-5(2)6(11)4-7(12)10(9)14-8/h4H,3H2,1-2H3. The number of aromatic nitrogens is 1. The number of fused-ring (bicyclic) bond motifs is 1. The molecule has 0 spiro atoms. The third-order valence-electron chi connectivity index (χ3n) is 2.16. The molecular weight excluding hydrogens is 265 g/mol. The number of benzene rings is 1. The fraction of sp³-hybridized carbons (Fsp3) is 0.300. The third-order valence-corrected chi connectivity index (χ3v) is 3.26. The van der Waals surface area contributed by atoms with Crippen LogP contribution in [0.3, 0.4) is 0 Å². The minimum atomic E-state index is 0.602. The second-order valence-corrected chi connectivity index (χ2v) is 4.37. The molecule has 2 rings (SSSR count).